The van der Waals surface area contributed by atoms with Crippen LogP contribution >= 0.6 is 0 Å². The summed E-state index contributed by atoms with van der Waals surface area (Å²) in [7, 11) is -3.08. The van der Waals surface area contributed by atoms with E-state index < -0.39 is 10.0 Å². The molecular formula is C11H26N2O2S. The lowest BCUT2D eigenvalue weighted by Crippen LogP contribution is -2.30. The molecule has 0 amide bonds. The Morgan fingerprint density at radius 1 is 1.12 bits per heavy atom. The molecule has 4 nitrogen and oxygen atoms in total. The molecule has 0 saturated carbocycles. The molecule has 0 heterocycles. The average Bonchev–Trinajstić information content (AvgIpc) is 2.14. The SMILES string of the molecule is CCNCCCNS(=O)(=O)CCC(C)(C)C. The Bertz CT molecular complexity index is 268. The maximum absolute atomic E-state index is 11.6. The van der Waals surface area contributed by atoms with Crippen molar-refractivity contribution in [1.82, 2.24) is 10.0 Å². The molecular weight excluding hydrogens is 224 g/mol. The molecule has 16 heavy (non-hydrogen) atoms. The van der Waals surface area contributed by atoms with Crippen LogP contribution < -0.4 is 10.0 Å². The fourth-order valence-corrected chi connectivity index (χ4v) is 2.61. The van der Waals surface area contributed by atoms with E-state index in [1.54, 1.807) is 0 Å². The zero-order valence-electron chi connectivity index (χ0n) is 11.0. The first-order valence-electron chi connectivity index (χ1n) is 5.95. The number of sulfonamides is 1. The second kappa shape index (κ2) is 7.25. The lowest BCUT2D eigenvalue weighted by molar-refractivity contribution is 0.396. The second-order valence-corrected chi connectivity index (χ2v) is 7.16. The summed E-state index contributed by atoms with van der Waals surface area (Å²) in [5.74, 6) is 0.220. The molecule has 0 unspecified atom stereocenters. The molecule has 0 radical (unpaired) electrons. The smallest absolute Gasteiger partial charge is 0.211 e. The zero-order chi connectivity index (χ0) is 12.7. The van der Waals surface area contributed by atoms with Crippen molar-refractivity contribution in [3.8, 4) is 0 Å². The molecule has 0 aromatic carbocycles. The number of hydrogen-bond acceptors (Lipinski definition) is 3. The summed E-state index contributed by atoms with van der Waals surface area (Å²) in [4.78, 5) is 0. The fraction of sp³-hybridized carbons (Fsp3) is 1.00. The second-order valence-electron chi connectivity index (χ2n) is 5.23. The lowest BCUT2D eigenvalue weighted by atomic mass is 9.94. The molecule has 0 saturated heterocycles. The third-order valence-electron chi connectivity index (χ3n) is 2.22. The van der Waals surface area contributed by atoms with Gasteiger partial charge in [-0.25, -0.2) is 13.1 Å². The molecule has 0 bridgehead atoms. The fourth-order valence-electron chi connectivity index (χ4n) is 1.13. The highest BCUT2D eigenvalue weighted by atomic mass is 32.2. The van der Waals surface area contributed by atoms with Crippen LogP contribution in [0.4, 0.5) is 0 Å². The van der Waals surface area contributed by atoms with Gasteiger partial charge in [-0.1, -0.05) is 27.7 Å². The molecule has 0 atom stereocenters. The van der Waals surface area contributed by atoms with Gasteiger partial charge in [0.1, 0.15) is 0 Å². The molecule has 0 aromatic heterocycles. The summed E-state index contributed by atoms with van der Waals surface area (Å²) < 4.78 is 25.8. The topological polar surface area (TPSA) is 58.2 Å². The summed E-state index contributed by atoms with van der Waals surface area (Å²) in [6.07, 6.45) is 1.53. The van der Waals surface area contributed by atoms with Crippen LogP contribution in [0.3, 0.4) is 0 Å². The zero-order valence-corrected chi connectivity index (χ0v) is 11.8. The van der Waals surface area contributed by atoms with Crippen molar-refractivity contribution < 1.29 is 8.42 Å². The van der Waals surface area contributed by atoms with Gasteiger partial charge in [0.25, 0.3) is 0 Å². The Balaban J connectivity index is 3.71. The molecule has 0 aliphatic carbocycles. The summed E-state index contributed by atoms with van der Waals surface area (Å²) in [6, 6.07) is 0. The summed E-state index contributed by atoms with van der Waals surface area (Å²) in [6.45, 7) is 10.5. The van der Waals surface area contributed by atoms with E-state index in [1.807, 2.05) is 27.7 Å². The summed E-state index contributed by atoms with van der Waals surface area (Å²) in [5, 5.41) is 3.16. The summed E-state index contributed by atoms with van der Waals surface area (Å²) in [5.41, 5.74) is 0.0680. The van der Waals surface area contributed by atoms with Gasteiger partial charge in [-0.3, -0.25) is 0 Å². The minimum atomic E-state index is -3.08. The van der Waals surface area contributed by atoms with Crippen LogP contribution in [0.25, 0.3) is 0 Å². The predicted octanol–water partition coefficient (Wildman–Crippen LogP) is 1.34. The van der Waals surface area contributed by atoms with Crippen molar-refractivity contribution in [1.29, 1.82) is 0 Å². The third kappa shape index (κ3) is 10.4. The van der Waals surface area contributed by atoms with Crippen LogP contribution in [-0.2, 0) is 10.0 Å². The average molecular weight is 250 g/mol. The normalized spacial score (nSPS) is 13.0. The maximum atomic E-state index is 11.6. The van der Waals surface area contributed by atoms with Crippen molar-refractivity contribution >= 4 is 10.0 Å². The first kappa shape index (κ1) is 15.9. The van der Waals surface area contributed by atoms with E-state index in [9.17, 15) is 8.42 Å². The third-order valence-corrected chi connectivity index (χ3v) is 3.61. The molecule has 2 N–H and O–H groups in total. The largest absolute Gasteiger partial charge is 0.317 e. The number of rotatable bonds is 8. The van der Waals surface area contributed by atoms with Crippen LogP contribution in [0, 0.1) is 5.41 Å². The van der Waals surface area contributed by atoms with Gasteiger partial charge in [-0.2, -0.15) is 0 Å². The Labute approximate surface area is 100 Å². The lowest BCUT2D eigenvalue weighted by Gasteiger charge is -2.17. The van der Waals surface area contributed by atoms with E-state index in [0.29, 0.717) is 13.0 Å². The Morgan fingerprint density at radius 2 is 1.75 bits per heavy atom. The van der Waals surface area contributed by atoms with Crippen molar-refractivity contribution in [2.45, 2.75) is 40.5 Å². The number of hydrogen-bond donors (Lipinski definition) is 2. The standard InChI is InChI=1S/C11H26N2O2S/c1-5-12-8-6-9-13-16(14,15)10-7-11(2,3)4/h12-13H,5-10H2,1-4H3. The predicted molar refractivity (Wildman–Crippen MR) is 69.0 cm³/mol. The molecule has 0 rings (SSSR count). The van der Waals surface area contributed by atoms with Gasteiger partial charge in [-0.15, -0.1) is 0 Å². The van der Waals surface area contributed by atoms with Gasteiger partial charge >= 0.3 is 0 Å². The molecule has 0 spiro atoms. The summed E-state index contributed by atoms with van der Waals surface area (Å²) >= 11 is 0. The van der Waals surface area contributed by atoms with Crippen molar-refractivity contribution in [3.63, 3.8) is 0 Å². The molecule has 98 valence electrons. The van der Waals surface area contributed by atoms with E-state index in [2.05, 4.69) is 10.0 Å². The van der Waals surface area contributed by atoms with E-state index >= 15 is 0 Å². The highest BCUT2D eigenvalue weighted by Crippen LogP contribution is 2.18. The first-order valence-corrected chi connectivity index (χ1v) is 7.60. The molecule has 0 aromatic rings. The van der Waals surface area contributed by atoms with E-state index in [-0.39, 0.29) is 11.2 Å². The number of nitrogens with one attached hydrogen (secondary N) is 2. The monoisotopic (exact) mass is 250 g/mol. The Morgan fingerprint density at radius 3 is 2.25 bits per heavy atom. The minimum absolute atomic E-state index is 0.0680. The van der Waals surface area contributed by atoms with Gasteiger partial charge in [-0.05, 0) is 31.3 Å². The highest BCUT2D eigenvalue weighted by molar-refractivity contribution is 7.89. The van der Waals surface area contributed by atoms with Gasteiger partial charge in [0, 0.05) is 6.54 Å². The highest BCUT2D eigenvalue weighted by Gasteiger charge is 2.16. The van der Waals surface area contributed by atoms with Gasteiger partial charge in [0.15, 0.2) is 0 Å². The van der Waals surface area contributed by atoms with E-state index in [4.69, 9.17) is 0 Å². The van der Waals surface area contributed by atoms with Crippen LogP contribution in [0.15, 0.2) is 0 Å². The molecule has 0 fully saturated rings. The Kier molecular flexibility index (Phi) is 7.19. The van der Waals surface area contributed by atoms with Crippen LogP contribution in [-0.4, -0.2) is 33.8 Å². The van der Waals surface area contributed by atoms with Gasteiger partial charge in [0.2, 0.25) is 10.0 Å². The van der Waals surface area contributed by atoms with Gasteiger partial charge in [0.05, 0.1) is 5.75 Å². The van der Waals surface area contributed by atoms with Crippen LogP contribution in [0.5, 0.6) is 0 Å². The van der Waals surface area contributed by atoms with Crippen molar-refractivity contribution in [2.75, 3.05) is 25.4 Å². The minimum Gasteiger partial charge on any atom is -0.317 e. The quantitative estimate of drug-likeness (QED) is 0.639. The van der Waals surface area contributed by atoms with Crippen molar-refractivity contribution in [2.24, 2.45) is 5.41 Å². The molecule has 0 aliphatic rings. The molecule has 0 aliphatic heterocycles. The molecule has 5 heteroatoms. The van der Waals surface area contributed by atoms with Gasteiger partial charge < -0.3 is 5.32 Å². The van der Waals surface area contributed by atoms with E-state index in [0.717, 1.165) is 19.5 Å². The Hall–Kier alpha value is -0.130. The van der Waals surface area contributed by atoms with Crippen molar-refractivity contribution in [3.05, 3.63) is 0 Å². The first-order chi connectivity index (χ1) is 7.27. The van der Waals surface area contributed by atoms with Crippen LogP contribution in [0.2, 0.25) is 0 Å². The van der Waals surface area contributed by atoms with E-state index in [1.165, 1.54) is 0 Å². The van der Waals surface area contributed by atoms with Crippen LogP contribution in [0.1, 0.15) is 40.5 Å². The maximum Gasteiger partial charge on any atom is 0.211 e.